The van der Waals surface area contributed by atoms with E-state index >= 15 is 0 Å². The van der Waals surface area contributed by atoms with Crippen LogP contribution in [0.1, 0.15) is 76.5 Å². The Bertz CT molecular complexity index is 1090. The van der Waals surface area contributed by atoms with Gasteiger partial charge in [-0.2, -0.15) is 0 Å². The topological polar surface area (TPSA) is 96.7 Å². The van der Waals surface area contributed by atoms with E-state index < -0.39 is 35.6 Å². The summed E-state index contributed by atoms with van der Waals surface area (Å²) in [5.74, 6) is -1.66. The average Bonchev–Trinajstić information content (AvgIpc) is 3.18. The summed E-state index contributed by atoms with van der Waals surface area (Å²) >= 11 is 8.08. The molecule has 0 radical (unpaired) electrons. The van der Waals surface area contributed by atoms with E-state index in [1.165, 1.54) is 0 Å². The molecule has 2 aromatic rings. The van der Waals surface area contributed by atoms with E-state index in [0.717, 1.165) is 27.2 Å². The van der Waals surface area contributed by atoms with Gasteiger partial charge in [-0.05, 0) is 49.8 Å². The molecule has 1 aromatic heterocycles. The summed E-state index contributed by atoms with van der Waals surface area (Å²) in [4.78, 5) is 30.6. The van der Waals surface area contributed by atoms with Crippen molar-refractivity contribution in [3.63, 3.8) is 0 Å². The molecule has 0 amide bonds. The van der Waals surface area contributed by atoms with Crippen molar-refractivity contribution in [1.29, 1.82) is 0 Å². The number of allylic oxidation sites excluding steroid dienone is 1. The third-order valence-corrected chi connectivity index (χ3v) is 8.42. The number of cyclic esters (lactones) is 1. The van der Waals surface area contributed by atoms with Crippen molar-refractivity contribution < 1.29 is 24.5 Å². The van der Waals surface area contributed by atoms with Crippen molar-refractivity contribution in [2.45, 2.75) is 85.0 Å². The average molecular weight is 522 g/mol. The third kappa shape index (κ3) is 6.70. The molecule has 0 fully saturated rings. The fourth-order valence-corrected chi connectivity index (χ4v) is 5.66. The predicted molar refractivity (Wildman–Crippen MR) is 139 cm³/mol. The van der Waals surface area contributed by atoms with Crippen molar-refractivity contribution in [3.05, 3.63) is 39.9 Å². The van der Waals surface area contributed by atoms with Crippen LogP contribution in [-0.4, -0.2) is 39.2 Å². The fourth-order valence-electron chi connectivity index (χ4n) is 4.63. The number of hydrogen-bond donors (Lipinski definition) is 2. The summed E-state index contributed by atoms with van der Waals surface area (Å²) in [5, 5.41) is 23.2. The first-order valence-electron chi connectivity index (χ1n) is 12.2. The predicted octanol–water partition coefficient (Wildman–Crippen LogP) is 5.87. The number of ketones is 1. The van der Waals surface area contributed by atoms with Crippen LogP contribution in [0.25, 0.3) is 10.2 Å². The van der Waals surface area contributed by atoms with Gasteiger partial charge in [0.1, 0.15) is 11.9 Å². The maximum absolute atomic E-state index is 13.2. The molecule has 2 heterocycles. The summed E-state index contributed by atoms with van der Waals surface area (Å²) in [7, 11) is 0. The zero-order valence-electron chi connectivity index (χ0n) is 21.1. The van der Waals surface area contributed by atoms with Crippen LogP contribution in [0.2, 0.25) is 0 Å². The molecule has 35 heavy (non-hydrogen) atoms. The first kappa shape index (κ1) is 27.8. The number of aromatic nitrogens is 1. The van der Waals surface area contributed by atoms with Crippen molar-refractivity contribution in [2.24, 2.45) is 17.3 Å². The van der Waals surface area contributed by atoms with Crippen molar-refractivity contribution in [3.8, 4) is 0 Å². The maximum atomic E-state index is 13.2. The number of halogens is 1. The minimum Gasteiger partial charge on any atom is -0.457 e. The first-order chi connectivity index (χ1) is 16.4. The number of Topliss-reactive ketones (excluding diaryl/α,β-unsaturated/α-hetero) is 1. The number of benzene rings is 1. The van der Waals surface area contributed by atoms with Gasteiger partial charge in [-0.1, -0.05) is 51.4 Å². The van der Waals surface area contributed by atoms with Crippen molar-refractivity contribution in [2.75, 3.05) is 0 Å². The van der Waals surface area contributed by atoms with Gasteiger partial charge in [-0.25, -0.2) is 4.98 Å². The van der Waals surface area contributed by atoms with Crippen LogP contribution in [0.5, 0.6) is 0 Å². The highest BCUT2D eigenvalue weighted by molar-refractivity contribution is 7.18. The van der Waals surface area contributed by atoms with Gasteiger partial charge in [0.2, 0.25) is 0 Å². The molecular formula is C27H36ClNO5S. The Morgan fingerprint density at radius 2 is 1.91 bits per heavy atom. The molecule has 0 bridgehead atoms. The van der Waals surface area contributed by atoms with Gasteiger partial charge in [0.25, 0.3) is 0 Å². The normalized spacial score (nSPS) is 31.1. The Labute approximate surface area is 216 Å². The smallest absolute Gasteiger partial charge is 0.309 e. The number of nitrogens with zero attached hydrogens (tertiary/aromatic N) is 1. The Morgan fingerprint density at radius 3 is 2.63 bits per heavy atom. The van der Waals surface area contributed by atoms with E-state index in [4.69, 9.17) is 16.3 Å². The van der Waals surface area contributed by atoms with E-state index in [1.807, 2.05) is 38.1 Å². The summed E-state index contributed by atoms with van der Waals surface area (Å²) in [6, 6.07) is 5.82. The molecule has 0 saturated carbocycles. The van der Waals surface area contributed by atoms with E-state index in [2.05, 4.69) is 4.98 Å². The van der Waals surface area contributed by atoms with Gasteiger partial charge in [-0.15, -0.1) is 11.3 Å². The summed E-state index contributed by atoms with van der Waals surface area (Å²) in [5.41, 5.74) is 0.427. The van der Waals surface area contributed by atoms with Crippen LogP contribution in [0.15, 0.2) is 29.3 Å². The number of carbonyl (C=O) groups is 2. The number of aryl methyl sites for hydroxylation is 1. The Balaban J connectivity index is 1.91. The number of hydrogen-bond acceptors (Lipinski definition) is 7. The zero-order chi connectivity index (χ0) is 25.9. The fraction of sp³-hybridized carbons (Fsp3) is 0.593. The highest BCUT2D eigenvalue weighted by atomic mass is 35.5. The molecule has 3 rings (SSSR count). The van der Waals surface area contributed by atoms with Crippen molar-refractivity contribution in [1.82, 2.24) is 4.98 Å². The molecule has 192 valence electrons. The lowest BCUT2D eigenvalue weighted by Gasteiger charge is -2.34. The van der Waals surface area contributed by atoms with E-state index in [1.54, 1.807) is 32.1 Å². The lowest BCUT2D eigenvalue weighted by Crippen LogP contribution is -2.45. The standard InChI is InChI=1S/C27H36ClNO5S/c1-15-7-6-8-19(28)10-11-21(18-9-12-22-20(13-18)29-17(3)35-22)34-24(31)14-23(30)27(4,5)26(33)16(2)25(15)32/h9-10,12-13,15-16,21,23,25,30,32H,6-8,11,14H2,1-5H3/b19-10+/t15-,16+,21-,23-,25-/m0/s1. The second kappa shape index (κ2) is 11.5. The SMILES string of the molecule is Cc1nc2cc([C@@H]3C/C=C(/Cl)CCC[C@H](C)[C@H](O)[C@@H](C)C(=O)C(C)(C)[C@@H](O)CC(=O)O3)ccc2s1. The molecule has 0 unspecified atom stereocenters. The first-order valence-corrected chi connectivity index (χ1v) is 13.4. The second-order valence-electron chi connectivity index (χ2n) is 10.3. The molecule has 2 N–H and O–H groups in total. The quantitative estimate of drug-likeness (QED) is 0.456. The number of esters is 1. The molecule has 0 spiro atoms. The number of aliphatic hydroxyl groups is 2. The number of fused-ring (bicyclic) bond motifs is 1. The molecule has 1 aromatic carbocycles. The second-order valence-corrected chi connectivity index (χ2v) is 12.0. The van der Waals surface area contributed by atoms with Gasteiger partial charge in [0.15, 0.2) is 0 Å². The zero-order valence-corrected chi connectivity index (χ0v) is 22.7. The van der Waals surface area contributed by atoms with E-state index in [9.17, 15) is 19.8 Å². The Kier molecular flexibility index (Phi) is 9.13. The largest absolute Gasteiger partial charge is 0.457 e. The lowest BCUT2D eigenvalue weighted by molar-refractivity contribution is -0.155. The van der Waals surface area contributed by atoms with Crippen LogP contribution in [0.4, 0.5) is 0 Å². The minimum absolute atomic E-state index is 0.106. The molecule has 0 aliphatic carbocycles. The molecule has 1 aliphatic heterocycles. The van der Waals surface area contributed by atoms with Gasteiger partial charge in [-0.3, -0.25) is 9.59 Å². The van der Waals surface area contributed by atoms with Crippen molar-refractivity contribution >= 4 is 44.9 Å². The van der Waals surface area contributed by atoms with Gasteiger partial charge >= 0.3 is 5.97 Å². The molecule has 5 atom stereocenters. The van der Waals surface area contributed by atoms with Crippen LogP contribution in [0, 0.1) is 24.2 Å². The molecular weight excluding hydrogens is 486 g/mol. The maximum Gasteiger partial charge on any atom is 0.309 e. The lowest BCUT2D eigenvalue weighted by atomic mass is 9.73. The van der Waals surface area contributed by atoms with E-state index in [0.29, 0.717) is 24.3 Å². The van der Waals surface area contributed by atoms with Gasteiger partial charge in [0, 0.05) is 17.4 Å². The van der Waals surface area contributed by atoms with Gasteiger partial charge in [0.05, 0.1) is 39.3 Å². The highest BCUT2D eigenvalue weighted by Crippen LogP contribution is 2.34. The van der Waals surface area contributed by atoms with Crippen LogP contribution in [0.3, 0.4) is 0 Å². The monoisotopic (exact) mass is 521 g/mol. The number of thiazole rings is 1. The number of aliphatic hydroxyl groups excluding tert-OH is 2. The van der Waals surface area contributed by atoms with Crippen LogP contribution >= 0.6 is 22.9 Å². The molecule has 8 heteroatoms. The number of ether oxygens (including phenoxy) is 1. The Morgan fingerprint density at radius 1 is 1.20 bits per heavy atom. The summed E-state index contributed by atoms with van der Waals surface area (Å²) in [6.07, 6.45) is 1.34. The molecule has 1 aliphatic rings. The molecule has 6 nitrogen and oxygen atoms in total. The number of rotatable bonds is 1. The van der Waals surface area contributed by atoms with E-state index in [-0.39, 0.29) is 18.1 Å². The van der Waals surface area contributed by atoms with Crippen LogP contribution in [-0.2, 0) is 14.3 Å². The van der Waals surface area contributed by atoms with Gasteiger partial charge < -0.3 is 14.9 Å². The minimum atomic E-state index is -1.25. The summed E-state index contributed by atoms with van der Waals surface area (Å²) in [6.45, 7) is 8.77. The third-order valence-electron chi connectivity index (χ3n) is 7.13. The summed E-state index contributed by atoms with van der Waals surface area (Å²) < 4.78 is 6.87. The van der Waals surface area contributed by atoms with Crippen LogP contribution < -0.4 is 0 Å². The number of carbonyl (C=O) groups excluding carboxylic acids is 2. The highest BCUT2D eigenvalue weighted by Gasteiger charge is 2.42. The molecule has 0 saturated heterocycles. The Hall–Kier alpha value is -1.80.